The molecule has 1 aromatic carbocycles. The molecule has 0 bridgehead atoms. The molecule has 0 aliphatic carbocycles. The van der Waals surface area contributed by atoms with Crippen molar-refractivity contribution < 1.29 is 0 Å². The number of alkyl halides is 1. The fourth-order valence-corrected chi connectivity index (χ4v) is 3.45. The molecule has 0 spiro atoms. The fourth-order valence-electron chi connectivity index (χ4n) is 2.36. The first kappa shape index (κ1) is 13.9. The van der Waals surface area contributed by atoms with Crippen molar-refractivity contribution in [2.75, 3.05) is 5.88 Å². The van der Waals surface area contributed by atoms with E-state index in [9.17, 15) is 0 Å². The van der Waals surface area contributed by atoms with Gasteiger partial charge < -0.3 is 4.57 Å². The van der Waals surface area contributed by atoms with E-state index in [0.717, 1.165) is 36.2 Å². The number of aromatic nitrogens is 2. The van der Waals surface area contributed by atoms with Gasteiger partial charge in [-0.05, 0) is 40.9 Å². The van der Waals surface area contributed by atoms with Crippen LogP contribution in [0.25, 0.3) is 11.0 Å². The molecule has 0 N–H and O–H groups in total. The Labute approximate surface area is 132 Å². The van der Waals surface area contributed by atoms with Crippen molar-refractivity contribution in [2.45, 2.75) is 19.4 Å². The normalized spacial score (nSPS) is 11.3. The third kappa shape index (κ3) is 2.71. The molecular formula is C15H14Cl2N2S. The number of hydrogen-bond donors (Lipinski definition) is 0. The number of hydrogen-bond acceptors (Lipinski definition) is 2. The number of para-hydroxylation sites is 1. The van der Waals surface area contributed by atoms with Crippen molar-refractivity contribution in [3.05, 3.63) is 51.4 Å². The molecule has 20 heavy (non-hydrogen) atoms. The number of halogens is 2. The minimum Gasteiger partial charge on any atom is -0.328 e. The Kier molecular flexibility index (Phi) is 4.29. The summed E-state index contributed by atoms with van der Waals surface area (Å²) in [5.41, 5.74) is 3.32. The fraction of sp³-hybridized carbons (Fsp3) is 0.267. The van der Waals surface area contributed by atoms with E-state index < -0.39 is 0 Å². The van der Waals surface area contributed by atoms with Gasteiger partial charge in [0.2, 0.25) is 0 Å². The second kappa shape index (κ2) is 6.17. The van der Waals surface area contributed by atoms with Gasteiger partial charge >= 0.3 is 0 Å². The number of nitrogens with zero attached hydrogens (tertiary/aromatic N) is 2. The molecule has 3 rings (SSSR count). The highest BCUT2D eigenvalue weighted by Crippen LogP contribution is 2.25. The van der Waals surface area contributed by atoms with Gasteiger partial charge in [-0.15, -0.1) is 11.6 Å². The van der Waals surface area contributed by atoms with Crippen LogP contribution in [0.5, 0.6) is 0 Å². The van der Waals surface area contributed by atoms with E-state index in [2.05, 4.69) is 32.4 Å². The van der Waals surface area contributed by atoms with Crippen LogP contribution in [0.4, 0.5) is 0 Å². The van der Waals surface area contributed by atoms with Gasteiger partial charge in [-0.25, -0.2) is 4.98 Å². The zero-order valence-electron chi connectivity index (χ0n) is 10.9. The van der Waals surface area contributed by atoms with Crippen LogP contribution < -0.4 is 0 Å². The first-order chi connectivity index (χ1) is 9.79. The molecular weight excluding hydrogens is 311 g/mol. The van der Waals surface area contributed by atoms with Crippen molar-refractivity contribution in [1.82, 2.24) is 9.55 Å². The first-order valence-electron chi connectivity index (χ1n) is 6.50. The summed E-state index contributed by atoms with van der Waals surface area (Å²) in [6, 6.07) is 8.08. The lowest BCUT2D eigenvalue weighted by molar-refractivity contribution is 0.676. The molecule has 2 heterocycles. The Morgan fingerprint density at radius 3 is 2.85 bits per heavy atom. The lowest BCUT2D eigenvalue weighted by Gasteiger charge is -2.07. The quantitative estimate of drug-likeness (QED) is 0.618. The number of fused-ring (bicyclic) bond motifs is 1. The third-order valence-electron chi connectivity index (χ3n) is 3.33. The van der Waals surface area contributed by atoms with Crippen LogP contribution in [-0.4, -0.2) is 15.4 Å². The van der Waals surface area contributed by atoms with Gasteiger partial charge in [0.15, 0.2) is 0 Å². The standard InChI is InChI=1S/C15H14Cl2N2S/c16-7-4-14-18-15-12(17)2-1-3-13(15)19(14)8-5-11-6-9-20-10-11/h1-3,6,9-10H,4-5,7-8H2. The van der Waals surface area contributed by atoms with Gasteiger partial charge in [0.1, 0.15) is 11.3 Å². The van der Waals surface area contributed by atoms with E-state index in [1.54, 1.807) is 11.3 Å². The Hall–Kier alpha value is -1.03. The molecule has 0 atom stereocenters. The molecule has 0 unspecified atom stereocenters. The largest absolute Gasteiger partial charge is 0.328 e. The number of aryl methyl sites for hydroxylation is 3. The van der Waals surface area contributed by atoms with E-state index in [0.29, 0.717) is 10.9 Å². The average Bonchev–Trinajstić information content (AvgIpc) is 3.05. The maximum atomic E-state index is 6.24. The van der Waals surface area contributed by atoms with Crippen LogP contribution in [0.15, 0.2) is 35.0 Å². The molecule has 0 aliphatic heterocycles. The predicted molar refractivity (Wildman–Crippen MR) is 87.2 cm³/mol. The second-order valence-corrected chi connectivity index (χ2v) is 6.17. The van der Waals surface area contributed by atoms with Crippen LogP contribution in [0.2, 0.25) is 5.02 Å². The highest BCUT2D eigenvalue weighted by atomic mass is 35.5. The second-order valence-electron chi connectivity index (χ2n) is 4.61. The van der Waals surface area contributed by atoms with Gasteiger partial charge in [0.05, 0.1) is 10.5 Å². The van der Waals surface area contributed by atoms with Gasteiger partial charge in [-0.3, -0.25) is 0 Å². The van der Waals surface area contributed by atoms with E-state index in [1.807, 2.05) is 12.1 Å². The molecule has 0 saturated heterocycles. The van der Waals surface area contributed by atoms with Crippen molar-refractivity contribution in [3.63, 3.8) is 0 Å². The maximum Gasteiger partial charge on any atom is 0.111 e. The van der Waals surface area contributed by atoms with Gasteiger partial charge in [-0.1, -0.05) is 17.7 Å². The number of rotatable bonds is 5. The van der Waals surface area contributed by atoms with Gasteiger partial charge in [-0.2, -0.15) is 11.3 Å². The van der Waals surface area contributed by atoms with Crippen molar-refractivity contribution in [1.29, 1.82) is 0 Å². The number of thiophene rings is 1. The zero-order chi connectivity index (χ0) is 13.9. The Morgan fingerprint density at radius 2 is 2.10 bits per heavy atom. The number of imidazole rings is 1. The Morgan fingerprint density at radius 1 is 1.20 bits per heavy atom. The molecule has 0 radical (unpaired) electrons. The monoisotopic (exact) mass is 324 g/mol. The summed E-state index contributed by atoms with van der Waals surface area (Å²) in [4.78, 5) is 4.65. The van der Waals surface area contributed by atoms with Gasteiger partial charge in [0, 0.05) is 18.8 Å². The summed E-state index contributed by atoms with van der Waals surface area (Å²) in [7, 11) is 0. The zero-order valence-corrected chi connectivity index (χ0v) is 13.2. The molecule has 0 saturated carbocycles. The molecule has 2 aromatic heterocycles. The predicted octanol–water partition coefficient (Wildman–Crippen LogP) is 4.78. The average molecular weight is 325 g/mol. The van der Waals surface area contributed by atoms with Crippen LogP contribution in [-0.2, 0) is 19.4 Å². The summed E-state index contributed by atoms with van der Waals surface area (Å²) in [6.45, 7) is 0.903. The highest BCUT2D eigenvalue weighted by Gasteiger charge is 2.12. The van der Waals surface area contributed by atoms with Crippen LogP contribution in [0.3, 0.4) is 0 Å². The van der Waals surface area contributed by atoms with Crippen LogP contribution >= 0.6 is 34.5 Å². The molecule has 5 heteroatoms. The van der Waals surface area contributed by atoms with E-state index in [-0.39, 0.29) is 0 Å². The topological polar surface area (TPSA) is 17.8 Å². The highest BCUT2D eigenvalue weighted by molar-refractivity contribution is 7.07. The summed E-state index contributed by atoms with van der Waals surface area (Å²) in [5.74, 6) is 1.58. The van der Waals surface area contributed by atoms with Gasteiger partial charge in [0.25, 0.3) is 0 Å². The summed E-state index contributed by atoms with van der Waals surface area (Å²) < 4.78 is 2.24. The number of benzene rings is 1. The van der Waals surface area contributed by atoms with Crippen molar-refractivity contribution in [3.8, 4) is 0 Å². The third-order valence-corrected chi connectivity index (χ3v) is 4.56. The summed E-state index contributed by atoms with van der Waals surface area (Å²) >= 11 is 13.9. The minimum atomic E-state index is 0.569. The van der Waals surface area contributed by atoms with Crippen LogP contribution in [0, 0.1) is 0 Å². The van der Waals surface area contributed by atoms with E-state index in [4.69, 9.17) is 23.2 Å². The smallest absolute Gasteiger partial charge is 0.111 e. The Balaban J connectivity index is 1.98. The molecule has 2 nitrogen and oxygen atoms in total. The SMILES string of the molecule is ClCCc1nc2c(Cl)cccc2n1CCc1ccsc1. The minimum absolute atomic E-state index is 0.569. The molecule has 0 fully saturated rings. The van der Waals surface area contributed by atoms with Crippen LogP contribution in [0.1, 0.15) is 11.4 Å². The molecule has 3 aromatic rings. The lowest BCUT2D eigenvalue weighted by atomic mass is 10.2. The van der Waals surface area contributed by atoms with Crippen molar-refractivity contribution >= 4 is 45.6 Å². The first-order valence-corrected chi connectivity index (χ1v) is 8.36. The Bertz CT molecular complexity index is 704. The van der Waals surface area contributed by atoms with E-state index >= 15 is 0 Å². The lowest BCUT2D eigenvalue weighted by Crippen LogP contribution is -2.06. The molecule has 0 amide bonds. The summed E-state index contributed by atoms with van der Waals surface area (Å²) in [5, 5.41) is 5.00. The van der Waals surface area contributed by atoms with E-state index in [1.165, 1.54) is 5.56 Å². The molecule has 104 valence electrons. The van der Waals surface area contributed by atoms with Crippen molar-refractivity contribution in [2.24, 2.45) is 0 Å². The summed E-state index contributed by atoms with van der Waals surface area (Å²) in [6.07, 6.45) is 1.76. The maximum absolute atomic E-state index is 6.24. The molecule has 0 aliphatic rings.